The number of pyridine rings is 2. The summed E-state index contributed by atoms with van der Waals surface area (Å²) in [5, 5.41) is 0. The third-order valence-electron chi connectivity index (χ3n) is 3.53. The highest BCUT2D eigenvalue weighted by molar-refractivity contribution is 8.02. The van der Waals surface area contributed by atoms with Gasteiger partial charge in [0.25, 0.3) is 0 Å². The fourth-order valence-corrected chi connectivity index (χ4v) is 5.77. The Kier molecular flexibility index (Phi) is 11.7. The van der Waals surface area contributed by atoms with Crippen LogP contribution in [0.3, 0.4) is 0 Å². The summed E-state index contributed by atoms with van der Waals surface area (Å²) < 4.78 is 0. The predicted octanol–water partition coefficient (Wildman–Crippen LogP) is 6.12. The maximum atomic E-state index is 4.82. The van der Waals surface area contributed by atoms with Gasteiger partial charge >= 0.3 is 0 Å². The smallest absolute Gasteiger partial charge is 0.0889 e. The van der Waals surface area contributed by atoms with Crippen molar-refractivity contribution in [1.82, 2.24) is 9.97 Å². The lowest BCUT2D eigenvalue weighted by atomic mass is 10.2. The summed E-state index contributed by atoms with van der Waals surface area (Å²) in [6, 6.07) is 12.6. The lowest BCUT2D eigenvalue weighted by Crippen LogP contribution is -1.96. The summed E-state index contributed by atoms with van der Waals surface area (Å²) in [6.07, 6.45) is 0. The van der Waals surface area contributed by atoms with Crippen LogP contribution < -0.4 is 0 Å². The number of rotatable bonds is 13. The average molecular weight is 425 g/mol. The molecule has 6 heteroatoms. The average Bonchev–Trinajstić information content (AvgIpc) is 2.68. The molecule has 0 aliphatic carbocycles. The van der Waals surface area contributed by atoms with Gasteiger partial charge in [0, 0.05) is 34.5 Å². The van der Waals surface area contributed by atoms with Crippen molar-refractivity contribution in [1.29, 1.82) is 0 Å². The second-order valence-corrected chi connectivity index (χ2v) is 10.5. The van der Waals surface area contributed by atoms with Crippen molar-refractivity contribution in [3.63, 3.8) is 0 Å². The number of thioether (sulfide) groups is 4. The van der Waals surface area contributed by atoms with E-state index in [1.165, 1.54) is 34.5 Å². The molecule has 2 rings (SSSR count). The molecule has 2 heterocycles. The van der Waals surface area contributed by atoms with Crippen molar-refractivity contribution in [2.45, 2.75) is 25.4 Å². The normalized spacial score (nSPS) is 11.0. The molecular weight excluding hydrogens is 397 g/mol. The summed E-state index contributed by atoms with van der Waals surface area (Å²) in [5.41, 5.74) is 4.26. The molecule has 0 saturated heterocycles. The Balaban J connectivity index is 1.89. The fraction of sp³-hybridized carbons (Fsp3) is 0.500. The molecule has 0 bridgehead atoms. The number of aromatic nitrogens is 2. The third kappa shape index (κ3) is 8.59. The van der Waals surface area contributed by atoms with Gasteiger partial charge in [0.05, 0.1) is 22.8 Å². The quantitative estimate of drug-likeness (QED) is 0.360. The van der Waals surface area contributed by atoms with Gasteiger partial charge in [-0.3, -0.25) is 9.97 Å². The van der Waals surface area contributed by atoms with E-state index >= 15 is 0 Å². The Morgan fingerprint density at radius 2 is 1.04 bits per heavy atom. The zero-order valence-corrected chi connectivity index (χ0v) is 18.9. The molecule has 0 unspecified atom stereocenters. The first-order valence-electron chi connectivity index (χ1n) is 9.06. The van der Waals surface area contributed by atoms with Crippen LogP contribution >= 0.6 is 47.0 Å². The van der Waals surface area contributed by atoms with Crippen LogP contribution in [0.5, 0.6) is 0 Å². The minimum absolute atomic E-state index is 0.975. The first-order chi connectivity index (χ1) is 12.8. The number of nitrogens with zero attached hydrogens (tertiary/aromatic N) is 2. The van der Waals surface area contributed by atoms with E-state index in [1.807, 2.05) is 47.0 Å². The molecule has 2 aromatic heterocycles. The Labute approximate surface area is 175 Å². The summed E-state index contributed by atoms with van der Waals surface area (Å²) >= 11 is 7.93. The molecule has 0 radical (unpaired) electrons. The van der Waals surface area contributed by atoms with Gasteiger partial charge in [0.2, 0.25) is 0 Å². The van der Waals surface area contributed by atoms with E-state index in [2.05, 4.69) is 50.2 Å². The molecule has 0 fully saturated rings. The summed E-state index contributed by atoms with van der Waals surface area (Å²) in [4.78, 5) is 9.64. The third-order valence-corrected chi connectivity index (χ3v) is 7.83. The van der Waals surface area contributed by atoms with E-state index < -0.39 is 0 Å². The molecule has 0 amide bonds. The van der Waals surface area contributed by atoms with E-state index in [4.69, 9.17) is 9.97 Å². The molecule has 0 spiro atoms. The summed E-state index contributed by atoms with van der Waals surface area (Å²) in [7, 11) is 0. The topological polar surface area (TPSA) is 25.8 Å². The van der Waals surface area contributed by atoms with Crippen molar-refractivity contribution in [2.75, 3.05) is 34.5 Å². The SMILES string of the molecule is CCSCCSCc1cccc(-c2cccc(CSCCSCC)n2)n1. The van der Waals surface area contributed by atoms with Gasteiger partial charge in [-0.05, 0) is 35.8 Å². The van der Waals surface area contributed by atoms with Crippen molar-refractivity contribution in [3.8, 4) is 11.4 Å². The first kappa shape index (κ1) is 22.0. The van der Waals surface area contributed by atoms with Crippen molar-refractivity contribution < 1.29 is 0 Å². The van der Waals surface area contributed by atoms with Gasteiger partial charge in [-0.25, -0.2) is 0 Å². The molecule has 0 aliphatic rings. The van der Waals surface area contributed by atoms with E-state index in [1.54, 1.807) is 0 Å². The molecule has 0 aromatic carbocycles. The van der Waals surface area contributed by atoms with Crippen molar-refractivity contribution >= 4 is 47.0 Å². The standard InChI is InChI=1S/C20H28N2S4/c1-3-23-11-13-25-15-17-7-5-9-19(21-17)20-10-6-8-18(22-20)16-26-14-12-24-4-2/h5-10H,3-4,11-16H2,1-2H3. The van der Waals surface area contributed by atoms with Crippen LogP contribution in [0.4, 0.5) is 0 Å². The molecular formula is C20H28N2S4. The summed E-state index contributed by atoms with van der Waals surface area (Å²) in [5.74, 6) is 9.17. The van der Waals surface area contributed by atoms with Crippen LogP contribution in [0.25, 0.3) is 11.4 Å². The van der Waals surface area contributed by atoms with E-state index in [0.717, 1.165) is 34.3 Å². The van der Waals surface area contributed by atoms with Crippen LogP contribution in [-0.4, -0.2) is 44.5 Å². The van der Waals surface area contributed by atoms with E-state index in [0.29, 0.717) is 0 Å². The van der Waals surface area contributed by atoms with Crippen LogP contribution in [0.2, 0.25) is 0 Å². The molecule has 0 N–H and O–H groups in total. The van der Waals surface area contributed by atoms with Gasteiger partial charge < -0.3 is 0 Å². The van der Waals surface area contributed by atoms with Crippen LogP contribution in [0.1, 0.15) is 25.2 Å². The Hall–Kier alpha value is -0.300. The monoisotopic (exact) mass is 424 g/mol. The van der Waals surface area contributed by atoms with Crippen LogP contribution in [-0.2, 0) is 11.5 Å². The highest BCUT2D eigenvalue weighted by atomic mass is 32.2. The zero-order valence-electron chi connectivity index (χ0n) is 15.6. The summed E-state index contributed by atoms with van der Waals surface area (Å²) in [6.45, 7) is 4.42. The van der Waals surface area contributed by atoms with E-state index in [9.17, 15) is 0 Å². The van der Waals surface area contributed by atoms with Crippen LogP contribution in [0.15, 0.2) is 36.4 Å². The van der Waals surface area contributed by atoms with Crippen molar-refractivity contribution in [2.24, 2.45) is 0 Å². The predicted molar refractivity (Wildman–Crippen MR) is 126 cm³/mol. The highest BCUT2D eigenvalue weighted by Gasteiger charge is 2.05. The minimum atomic E-state index is 0.975. The van der Waals surface area contributed by atoms with E-state index in [-0.39, 0.29) is 0 Å². The largest absolute Gasteiger partial charge is 0.250 e. The zero-order chi connectivity index (χ0) is 18.5. The van der Waals surface area contributed by atoms with Gasteiger partial charge in [0.1, 0.15) is 0 Å². The fourth-order valence-electron chi connectivity index (χ4n) is 2.28. The molecule has 142 valence electrons. The number of hydrogen-bond donors (Lipinski definition) is 0. The van der Waals surface area contributed by atoms with Crippen LogP contribution in [0, 0.1) is 0 Å². The Morgan fingerprint density at radius 3 is 1.46 bits per heavy atom. The molecule has 0 aliphatic heterocycles. The minimum Gasteiger partial charge on any atom is -0.250 e. The van der Waals surface area contributed by atoms with Gasteiger partial charge in [-0.15, -0.1) is 0 Å². The maximum Gasteiger partial charge on any atom is 0.0889 e. The second-order valence-electron chi connectivity index (χ2n) is 5.53. The highest BCUT2D eigenvalue weighted by Crippen LogP contribution is 2.20. The maximum absolute atomic E-state index is 4.82. The molecule has 0 saturated carbocycles. The molecule has 26 heavy (non-hydrogen) atoms. The Morgan fingerprint density at radius 1 is 0.615 bits per heavy atom. The van der Waals surface area contributed by atoms with Crippen molar-refractivity contribution in [3.05, 3.63) is 47.8 Å². The molecule has 0 atom stereocenters. The molecule has 2 nitrogen and oxygen atoms in total. The number of hydrogen-bond acceptors (Lipinski definition) is 6. The second kappa shape index (κ2) is 13.8. The van der Waals surface area contributed by atoms with Gasteiger partial charge in [0.15, 0.2) is 0 Å². The van der Waals surface area contributed by atoms with Gasteiger partial charge in [-0.1, -0.05) is 26.0 Å². The molecule has 2 aromatic rings. The lowest BCUT2D eigenvalue weighted by Gasteiger charge is -2.07. The Bertz CT molecular complexity index is 581. The first-order valence-corrected chi connectivity index (χ1v) is 13.7. The lowest BCUT2D eigenvalue weighted by molar-refractivity contribution is 1.13. The van der Waals surface area contributed by atoms with Gasteiger partial charge in [-0.2, -0.15) is 47.0 Å².